The number of benzene rings is 1. The molecule has 2 rings (SSSR count). The summed E-state index contributed by atoms with van der Waals surface area (Å²) in [6.45, 7) is 4.99. The van der Waals surface area contributed by atoms with Crippen molar-refractivity contribution in [3.8, 4) is 0 Å². The van der Waals surface area contributed by atoms with Crippen molar-refractivity contribution >= 4 is 23.6 Å². The number of nitrogens with two attached hydrogens (primary N) is 1. The van der Waals surface area contributed by atoms with Crippen molar-refractivity contribution in [2.45, 2.75) is 70.5 Å². The molecule has 6 atom stereocenters. The van der Waals surface area contributed by atoms with E-state index in [2.05, 4.69) is 5.32 Å². The average molecular weight is 498 g/mol. The number of amides is 3. The third kappa shape index (κ3) is 7.87. The highest BCUT2D eigenvalue weighted by atomic mass is 16.7. The van der Waals surface area contributed by atoms with Gasteiger partial charge in [-0.2, -0.15) is 0 Å². The number of nitrogens with zero attached hydrogens (tertiary/aromatic N) is 1. The molecule has 3 amide bonds. The fourth-order valence-corrected chi connectivity index (χ4v) is 3.65. The number of nitrogens with one attached hydrogen (secondary N) is 1. The summed E-state index contributed by atoms with van der Waals surface area (Å²) in [5, 5.41) is 32.1. The molecule has 1 aromatic rings. The number of aliphatic hydroxyl groups is 3. The number of carbonyl (C=O) groups is 3. The van der Waals surface area contributed by atoms with Crippen LogP contribution in [0.25, 0.3) is 0 Å². The maximum atomic E-state index is 12.2. The van der Waals surface area contributed by atoms with Crippen LogP contribution >= 0.6 is 0 Å². The molecule has 0 saturated carbocycles. The fourth-order valence-electron chi connectivity index (χ4n) is 3.65. The quantitative estimate of drug-likeness (QED) is 0.296. The summed E-state index contributed by atoms with van der Waals surface area (Å²) in [6.07, 6.45) is -6.67. The summed E-state index contributed by atoms with van der Waals surface area (Å²) in [6, 6.07) is 5.84. The lowest BCUT2D eigenvalue weighted by atomic mass is 10.0. The van der Waals surface area contributed by atoms with Crippen LogP contribution in [0.4, 0.5) is 10.5 Å². The van der Waals surface area contributed by atoms with Gasteiger partial charge >= 0.3 is 6.09 Å². The third-order valence-electron chi connectivity index (χ3n) is 5.65. The van der Waals surface area contributed by atoms with Gasteiger partial charge in [-0.1, -0.05) is 26.0 Å². The molecular weight excluding hydrogens is 462 g/mol. The molecule has 12 heteroatoms. The van der Waals surface area contributed by atoms with E-state index in [-0.39, 0.29) is 31.5 Å². The molecule has 2 unspecified atom stereocenters. The van der Waals surface area contributed by atoms with Crippen LogP contribution in [0, 0.1) is 5.92 Å². The number of hydrogen-bond donors (Lipinski definition) is 5. The van der Waals surface area contributed by atoms with Crippen molar-refractivity contribution in [1.29, 1.82) is 0 Å². The van der Waals surface area contributed by atoms with E-state index in [1.165, 1.54) is 18.9 Å². The lowest BCUT2D eigenvalue weighted by Gasteiger charge is -2.38. The SMILES string of the molecule is CC(C)[C@@H](C(N)=O)N(C)C(=O)OCc1ccc(NC(=O)CCO[C@@H]2O[C@H](C)C(O)[C@H](O)C2O)cc1. The second kappa shape index (κ2) is 12.8. The molecule has 12 nitrogen and oxygen atoms in total. The van der Waals surface area contributed by atoms with Crippen LogP contribution in [0.15, 0.2) is 24.3 Å². The highest BCUT2D eigenvalue weighted by Gasteiger charge is 2.42. The van der Waals surface area contributed by atoms with Gasteiger partial charge in [-0.15, -0.1) is 0 Å². The van der Waals surface area contributed by atoms with Gasteiger partial charge in [0.25, 0.3) is 0 Å². The van der Waals surface area contributed by atoms with Crippen LogP contribution in [-0.4, -0.2) is 88.5 Å². The predicted molar refractivity (Wildman–Crippen MR) is 124 cm³/mol. The first-order valence-corrected chi connectivity index (χ1v) is 11.3. The van der Waals surface area contributed by atoms with E-state index in [0.29, 0.717) is 11.3 Å². The van der Waals surface area contributed by atoms with E-state index in [1.54, 1.807) is 38.1 Å². The van der Waals surface area contributed by atoms with E-state index >= 15 is 0 Å². The van der Waals surface area contributed by atoms with Gasteiger partial charge in [-0.05, 0) is 30.5 Å². The second-order valence-corrected chi connectivity index (χ2v) is 8.80. The van der Waals surface area contributed by atoms with E-state index < -0.39 is 48.7 Å². The summed E-state index contributed by atoms with van der Waals surface area (Å²) in [4.78, 5) is 37.2. The normalized spacial score (nSPS) is 25.1. The summed E-state index contributed by atoms with van der Waals surface area (Å²) in [5.74, 6) is -1.13. The molecule has 1 aliphatic heterocycles. The first-order valence-electron chi connectivity index (χ1n) is 11.3. The summed E-state index contributed by atoms with van der Waals surface area (Å²) >= 11 is 0. The number of rotatable bonds is 10. The highest BCUT2D eigenvalue weighted by molar-refractivity contribution is 5.90. The Bertz CT molecular complexity index is 864. The van der Waals surface area contributed by atoms with Crippen molar-refractivity contribution in [3.63, 3.8) is 0 Å². The number of hydrogen-bond acceptors (Lipinski definition) is 9. The number of aliphatic hydroxyl groups excluding tert-OH is 3. The zero-order valence-electron chi connectivity index (χ0n) is 20.3. The van der Waals surface area contributed by atoms with Gasteiger partial charge in [0.15, 0.2) is 6.29 Å². The Kier molecular flexibility index (Phi) is 10.4. The van der Waals surface area contributed by atoms with E-state index in [0.717, 1.165) is 0 Å². The molecule has 6 N–H and O–H groups in total. The lowest BCUT2D eigenvalue weighted by molar-refractivity contribution is -0.292. The molecule has 35 heavy (non-hydrogen) atoms. The second-order valence-electron chi connectivity index (χ2n) is 8.80. The Morgan fingerprint density at radius 3 is 2.31 bits per heavy atom. The summed E-state index contributed by atoms with van der Waals surface area (Å²) < 4.78 is 15.9. The Labute approximate surface area is 203 Å². The van der Waals surface area contributed by atoms with Gasteiger partial charge in [0.05, 0.1) is 19.1 Å². The Morgan fingerprint density at radius 2 is 1.74 bits per heavy atom. The molecule has 0 aliphatic carbocycles. The Morgan fingerprint density at radius 1 is 1.11 bits per heavy atom. The molecule has 0 spiro atoms. The minimum Gasteiger partial charge on any atom is -0.445 e. The van der Waals surface area contributed by atoms with Crippen molar-refractivity contribution in [3.05, 3.63) is 29.8 Å². The van der Waals surface area contributed by atoms with Crippen LogP contribution in [-0.2, 0) is 30.4 Å². The molecule has 196 valence electrons. The van der Waals surface area contributed by atoms with Crippen LogP contribution < -0.4 is 11.1 Å². The number of likely N-dealkylation sites (N-methyl/N-ethyl adjacent to an activating group) is 1. The summed E-state index contributed by atoms with van der Waals surface area (Å²) in [5.41, 5.74) is 6.55. The van der Waals surface area contributed by atoms with E-state index in [1.807, 2.05) is 0 Å². The van der Waals surface area contributed by atoms with Gasteiger partial charge < -0.3 is 40.6 Å². The predicted octanol–water partition coefficient (Wildman–Crippen LogP) is -0.0624. The molecule has 0 aromatic heterocycles. The molecule has 1 heterocycles. The summed E-state index contributed by atoms with van der Waals surface area (Å²) in [7, 11) is 1.45. The van der Waals surface area contributed by atoms with Crippen molar-refractivity contribution in [2.24, 2.45) is 11.7 Å². The first-order chi connectivity index (χ1) is 16.4. The third-order valence-corrected chi connectivity index (χ3v) is 5.65. The Hall–Kier alpha value is -2.77. The number of ether oxygens (including phenoxy) is 3. The zero-order valence-corrected chi connectivity index (χ0v) is 20.3. The molecular formula is C23H35N3O9. The van der Waals surface area contributed by atoms with Crippen molar-refractivity contribution in [1.82, 2.24) is 4.90 Å². The van der Waals surface area contributed by atoms with Crippen LogP contribution in [0.3, 0.4) is 0 Å². The van der Waals surface area contributed by atoms with Crippen molar-refractivity contribution < 1.29 is 43.9 Å². The number of primary amides is 1. The Balaban J connectivity index is 1.77. The maximum absolute atomic E-state index is 12.2. The average Bonchev–Trinajstić information content (AvgIpc) is 2.79. The molecule has 1 fully saturated rings. The largest absolute Gasteiger partial charge is 0.445 e. The number of anilines is 1. The van der Waals surface area contributed by atoms with Gasteiger partial charge in [0.1, 0.15) is 31.0 Å². The molecule has 0 bridgehead atoms. The minimum absolute atomic E-state index is 0.0303. The highest BCUT2D eigenvalue weighted by Crippen LogP contribution is 2.22. The molecule has 1 saturated heterocycles. The van der Waals surface area contributed by atoms with Crippen LogP contribution in [0.5, 0.6) is 0 Å². The van der Waals surface area contributed by atoms with Gasteiger partial charge in [-0.25, -0.2) is 4.79 Å². The first kappa shape index (κ1) is 28.5. The molecule has 1 aliphatic rings. The van der Waals surface area contributed by atoms with Crippen molar-refractivity contribution in [2.75, 3.05) is 19.0 Å². The van der Waals surface area contributed by atoms with Gasteiger partial charge in [0.2, 0.25) is 11.8 Å². The fraction of sp³-hybridized carbons (Fsp3) is 0.609. The monoisotopic (exact) mass is 497 g/mol. The number of carbonyl (C=O) groups excluding carboxylic acids is 3. The van der Waals surface area contributed by atoms with Crippen LogP contribution in [0.1, 0.15) is 32.8 Å². The van der Waals surface area contributed by atoms with E-state index in [9.17, 15) is 29.7 Å². The van der Waals surface area contributed by atoms with Gasteiger partial charge in [0, 0.05) is 12.7 Å². The zero-order chi connectivity index (χ0) is 26.3. The standard InChI is InChI=1S/C23H35N3O9/c1-12(2)17(21(24)31)26(4)23(32)34-11-14-5-7-15(8-6-14)25-16(27)9-10-33-22-20(30)19(29)18(28)13(3)35-22/h5-8,12-13,17-20,22,28-30H,9-11H2,1-4H3,(H2,24,31)(H,25,27)/t13-,17+,18?,19+,20?,22-/m1/s1. The minimum atomic E-state index is -1.43. The smallest absolute Gasteiger partial charge is 0.410 e. The molecule has 0 radical (unpaired) electrons. The van der Waals surface area contributed by atoms with Crippen LogP contribution in [0.2, 0.25) is 0 Å². The van der Waals surface area contributed by atoms with E-state index in [4.69, 9.17) is 19.9 Å². The topological polar surface area (TPSA) is 181 Å². The lowest BCUT2D eigenvalue weighted by Crippen LogP contribution is -2.57. The maximum Gasteiger partial charge on any atom is 0.410 e. The molecule has 1 aromatic carbocycles. The van der Waals surface area contributed by atoms with Gasteiger partial charge in [-0.3, -0.25) is 14.5 Å².